The monoisotopic (exact) mass is 574 g/mol. The fourth-order valence-electron chi connectivity index (χ4n) is 3.34. The topological polar surface area (TPSA) is 146 Å². The van der Waals surface area contributed by atoms with E-state index in [9.17, 15) is 13.5 Å². The zero-order valence-corrected chi connectivity index (χ0v) is 22.0. The summed E-state index contributed by atoms with van der Waals surface area (Å²) in [4.78, 5) is 16.2. The molecule has 0 aliphatic carbocycles. The molecule has 12 heteroatoms. The number of rotatable bonds is 11. The Morgan fingerprint density at radius 2 is 1.62 bits per heavy atom. The van der Waals surface area contributed by atoms with Crippen LogP contribution in [0.15, 0.2) is 71.9 Å². The lowest BCUT2D eigenvalue weighted by molar-refractivity contribution is 0.192. The van der Waals surface area contributed by atoms with E-state index in [1.54, 1.807) is 25.1 Å². The number of nitrogens with one attached hydrogen (secondary N) is 1. The van der Waals surface area contributed by atoms with Gasteiger partial charge < -0.3 is 19.3 Å². The largest absolute Gasteiger partial charge is 0.490 e. The summed E-state index contributed by atoms with van der Waals surface area (Å²) < 4.78 is 119. The molecule has 0 amide bonds. The van der Waals surface area contributed by atoms with Crippen LogP contribution in [0.3, 0.4) is 0 Å². The van der Waals surface area contributed by atoms with E-state index in [-0.39, 0.29) is 48.0 Å². The molecule has 0 fully saturated rings. The lowest BCUT2D eigenvalue weighted by Gasteiger charge is -2.20. The van der Waals surface area contributed by atoms with Crippen LogP contribution in [0, 0.1) is 0 Å². The Balaban J connectivity index is 1.88. The number of hydrogen-bond acceptors (Lipinski definition) is 10. The van der Waals surface area contributed by atoms with Crippen LogP contribution < -0.4 is 18.9 Å². The standard InChI is InChI=1S/C28H31N5O6S/c1-5-37-21-9-6-7-10-22(21)39-23-24(33-40(35,36)20-13-11-19(12-14-20)28(2,3)4)31-26(25-29-15-8-16-30-25)32-27(23)38-18-17-34/h6-16,34H,5,17-18H2,1-4H3,(H,31,32,33)/i2D3,3D3,4D3. The Labute approximate surface area is 245 Å². The number of aliphatic hydroxyl groups is 1. The van der Waals surface area contributed by atoms with Gasteiger partial charge in [-0.3, -0.25) is 4.72 Å². The molecule has 40 heavy (non-hydrogen) atoms. The summed E-state index contributed by atoms with van der Waals surface area (Å²) in [6.07, 6.45) is 2.79. The first-order chi connectivity index (χ1) is 22.9. The Morgan fingerprint density at radius 1 is 0.925 bits per heavy atom. The fraction of sp³-hybridized carbons (Fsp3) is 0.286. The predicted octanol–water partition coefficient (Wildman–Crippen LogP) is 4.59. The highest BCUT2D eigenvalue weighted by molar-refractivity contribution is 7.92. The molecule has 4 aromatic rings. The van der Waals surface area contributed by atoms with Gasteiger partial charge in [0.15, 0.2) is 23.1 Å². The number of benzene rings is 2. The van der Waals surface area contributed by atoms with E-state index < -0.39 is 58.9 Å². The van der Waals surface area contributed by atoms with Crippen LogP contribution in [0.4, 0.5) is 5.82 Å². The van der Waals surface area contributed by atoms with Crippen molar-refractivity contribution in [3.8, 4) is 34.8 Å². The maximum atomic E-state index is 13.8. The van der Waals surface area contributed by atoms with Crippen LogP contribution in [-0.4, -0.2) is 53.3 Å². The van der Waals surface area contributed by atoms with Crippen molar-refractivity contribution in [1.82, 2.24) is 19.9 Å². The number of aliphatic hydroxyl groups excluding tert-OH is 1. The molecular formula is C28H31N5O6S. The number of para-hydroxylation sites is 2. The van der Waals surface area contributed by atoms with Crippen molar-refractivity contribution >= 4 is 15.8 Å². The third kappa shape index (κ3) is 6.82. The summed E-state index contributed by atoms with van der Waals surface area (Å²) in [5, 5.41) is 9.47. The highest BCUT2D eigenvalue weighted by atomic mass is 32.2. The zero-order chi connectivity index (χ0) is 36.3. The molecule has 2 N–H and O–H groups in total. The second kappa shape index (κ2) is 12.3. The first-order valence-electron chi connectivity index (χ1n) is 16.3. The van der Waals surface area contributed by atoms with Gasteiger partial charge in [0, 0.05) is 24.7 Å². The molecule has 2 aromatic heterocycles. The van der Waals surface area contributed by atoms with Gasteiger partial charge in [-0.15, -0.1) is 0 Å². The van der Waals surface area contributed by atoms with Gasteiger partial charge in [0.1, 0.15) is 6.61 Å². The van der Waals surface area contributed by atoms with Gasteiger partial charge in [0.25, 0.3) is 15.9 Å². The minimum atomic E-state index is -4.67. The number of anilines is 1. The van der Waals surface area contributed by atoms with Crippen LogP contribution in [-0.2, 0) is 15.4 Å². The van der Waals surface area contributed by atoms with E-state index in [4.69, 9.17) is 26.5 Å². The van der Waals surface area contributed by atoms with E-state index in [1.807, 2.05) is 0 Å². The van der Waals surface area contributed by atoms with E-state index in [2.05, 4.69) is 24.7 Å². The van der Waals surface area contributed by atoms with Crippen molar-refractivity contribution in [2.24, 2.45) is 0 Å². The molecule has 0 radical (unpaired) electrons. The van der Waals surface area contributed by atoms with Crippen molar-refractivity contribution in [3.05, 3.63) is 72.6 Å². The molecule has 11 nitrogen and oxygen atoms in total. The molecule has 0 aliphatic rings. The first kappa shape index (κ1) is 18.9. The Kier molecular flexibility index (Phi) is 5.80. The summed E-state index contributed by atoms with van der Waals surface area (Å²) in [6.45, 7) is -9.38. The van der Waals surface area contributed by atoms with Crippen LogP contribution >= 0.6 is 0 Å². The highest BCUT2D eigenvalue weighted by Crippen LogP contribution is 2.41. The van der Waals surface area contributed by atoms with Gasteiger partial charge in [0.2, 0.25) is 11.6 Å². The van der Waals surface area contributed by atoms with Crippen molar-refractivity contribution in [2.75, 3.05) is 24.5 Å². The molecule has 0 unspecified atom stereocenters. The molecule has 0 saturated heterocycles. The van der Waals surface area contributed by atoms with Crippen LogP contribution in [0.25, 0.3) is 11.6 Å². The quantitative estimate of drug-likeness (QED) is 0.261. The minimum absolute atomic E-state index is 0.0299. The van der Waals surface area contributed by atoms with Gasteiger partial charge in [-0.05, 0) is 48.2 Å². The normalized spacial score (nSPS) is 15.9. The molecule has 0 aliphatic heterocycles. The van der Waals surface area contributed by atoms with Gasteiger partial charge >= 0.3 is 0 Å². The second-order valence-corrected chi connectivity index (χ2v) is 9.72. The summed E-state index contributed by atoms with van der Waals surface area (Å²) >= 11 is 0. The smallest absolute Gasteiger partial charge is 0.263 e. The number of nitrogens with zero attached hydrogens (tertiary/aromatic N) is 4. The maximum absolute atomic E-state index is 13.8. The third-order valence-corrected chi connectivity index (χ3v) is 6.47. The van der Waals surface area contributed by atoms with E-state index in [1.165, 1.54) is 24.5 Å². The van der Waals surface area contributed by atoms with E-state index in [0.717, 1.165) is 24.3 Å². The Bertz CT molecular complexity index is 1820. The summed E-state index contributed by atoms with van der Waals surface area (Å²) in [7, 11) is -4.67. The number of ether oxygens (including phenoxy) is 3. The van der Waals surface area contributed by atoms with Gasteiger partial charge in [-0.2, -0.15) is 4.98 Å². The third-order valence-electron chi connectivity index (χ3n) is 5.12. The van der Waals surface area contributed by atoms with Crippen molar-refractivity contribution < 1.29 is 40.1 Å². The van der Waals surface area contributed by atoms with E-state index >= 15 is 0 Å². The average Bonchev–Trinajstić information content (AvgIpc) is 3.00. The SMILES string of the molecule is [2H]C([2H])([2H])C(c1ccc(S(=O)(=O)Nc2nc(-c3ncccn3)nc(OCCO)c2Oc2ccccc2OCC)cc1)(C([2H])([2H])[2H])C([2H])([2H])[2H]. The average molecular weight is 575 g/mol. The molecule has 4 rings (SSSR count). The molecular weight excluding hydrogens is 534 g/mol. The van der Waals surface area contributed by atoms with Crippen molar-refractivity contribution in [2.45, 2.75) is 37.8 Å². The number of aromatic nitrogens is 4. The van der Waals surface area contributed by atoms with Gasteiger partial charge in [-0.1, -0.05) is 44.8 Å². The summed E-state index contributed by atoms with van der Waals surface area (Å²) in [5.74, 6) is -0.995. The first-order valence-corrected chi connectivity index (χ1v) is 13.3. The Morgan fingerprint density at radius 3 is 2.27 bits per heavy atom. The lowest BCUT2D eigenvalue weighted by Crippen LogP contribution is -2.17. The summed E-state index contributed by atoms with van der Waals surface area (Å²) in [5.41, 5.74) is -3.98. The highest BCUT2D eigenvalue weighted by Gasteiger charge is 2.26. The lowest BCUT2D eigenvalue weighted by atomic mass is 9.87. The summed E-state index contributed by atoms with van der Waals surface area (Å²) in [6, 6.07) is 11.4. The molecule has 210 valence electrons. The molecule has 0 bridgehead atoms. The van der Waals surface area contributed by atoms with Crippen LogP contribution in [0.5, 0.6) is 23.1 Å². The molecule has 0 saturated carbocycles. The minimum Gasteiger partial charge on any atom is -0.490 e. The molecule has 2 aromatic carbocycles. The van der Waals surface area contributed by atoms with Crippen LogP contribution in [0.1, 0.15) is 45.4 Å². The predicted molar refractivity (Wildman–Crippen MR) is 149 cm³/mol. The number of hydrogen-bond donors (Lipinski definition) is 2. The maximum Gasteiger partial charge on any atom is 0.263 e. The van der Waals surface area contributed by atoms with Crippen LogP contribution in [0.2, 0.25) is 0 Å². The van der Waals surface area contributed by atoms with Gasteiger partial charge in [-0.25, -0.2) is 23.4 Å². The fourth-order valence-corrected chi connectivity index (χ4v) is 4.34. The van der Waals surface area contributed by atoms with E-state index in [0.29, 0.717) is 0 Å². The Hall–Kier alpha value is -4.29. The van der Waals surface area contributed by atoms with Gasteiger partial charge in [0.05, 0.1) is 18.1 Å². The van der Waals surface area contributed by atoms with Crippen molar-refractivity contribution in [1.29, 1.82) is 0 Å². The second-order valence-electron chi connectivity index (χ2n) is 8.04. The number of sulfonamides is 1. The molecule has 0 spiro atoms. The zero-order valence-electron chi connectivity index (χ0n) is 30.2. The van der Waals surface area contributed by atoms with Crippen molar-refractivity contribution in [3.63, 3.8) is 0 Å². The molecule has 0 atom stereocenters. The molecule has 2 heterocycles.